The van der Waals surface area contributed by atoms with Gasteiger partial charge in [0.25, 0.3) is 0 Å². The topological polar surface area (TPSA) is 61.3 Å². The molecule has 1 aliphatic rings. The zero-order valence-corrected chi connectivity index (χ0v) is 13.7. The summed E-state index contributed by atoms with van der Waals surface area (Å²) in [6, 6.07) is 12.0. The van der Waals surface area contributed by atoms with Crippen LogP contribution in [0.3, 0.4) is 0 Å². The van der Waals surface area contributed by atoms with Crippen molar-refractivity contribution >= 4 is 17.5 Å². The first-order valence-electron chi connectivity index (χ1n) is 8.17. The molecule has 2 aromatic rings. The van der Waals surface area contributed by atoms with Crippen LogP contribution in [0.1, 0.15) is 25.0 Å². The average Bonchev–Trinajstić information content (AvgIpc) is 3.38. The molecule has 2 N–H and O–H groups in total. The van der Waals surface area contributed by atoms with Gasteiger partial charge in [0.15, 0.2) is 0 Å². The molecule has 0 radical (unpaired) electrons. The van der Waals surface area contributed by atoms with Crippen LogP contribution in [-0.4, -0.2) is 34.8 Å². The second-order valence-corrected chi connectivity index (χ2v) is 6.29. The Balaban J connectivity index is 1.78. The Morgan fingerprint density at radius 1 is 1.26 bits per heavy atom. The van der Waals surface area contributed by atoms with Gasteiger partial charge >= 0.3 is 0 Å². The van der Waals surface area contributed by atoms with Crippen molar-refractivity contribution in [1.29, 1.82) is 0 Å². The van der Waals surface area contributed by atoms with E-state index in [1.165, 1.54) is 12.8 Å². The Kier molecular flexibility index (Phi) is 4.76. The third-order valence-corrected chi connectivity index (χ3v) is 4.17. The smallest absolute Gasteiger partial charge is 0.231 e. The van der Waals surface area contributed by atoms with Crippen molar-refractivity contribution in [3.05, 3.63) is 42.1 Å². The Bertz CT molecular complexity index is 643. The van der Waals surface area contributed by atoms with Crippen molar-refractivity contribution in [3.8, 4) is 0 Å². The summed E-state index contributed by atoms with van der Waals surface area (Å²) in [6.45, 7) is 2.09. The van der Waals surface area contributed by atoms with E-state index in [9.17, 15) is 5.11 Å². The lowest BCUT2D eigenvalue weighted by Gasteiger charge is -2.21. The summed E-state index contributed by atoms with van der Waals surface area (Å²) in [6.07, 6.45) is 3.56. The van der Waals surface area contributed by atoms with Gasteiger partial charge in [-0.15, -0.1) is 0 Å². The molecule has 0 bridgehead atoms. The fourth-order valence-corrected chi connectivity index (χ4v) is 2.69. The molecular formula is C18H24N4O. The fourth-order valence-electron chi connectivity index (χ4n) is 2.69. The summed E-state index contributed by atoms with van der Waals surface area (Å²) >= 11 is 0. The maximum atomic E-state index is 9.57. The second kappa shape index (κ2) is 6.96. The molecule has 1 saturated carbocycles. The lowest BCUT2D eigenvalue weighted by atomic mass is 10.1. The van der Waals surface area contributed by atoms with E-state index in [0.29, 0.717) is 5.95 Å². The molecule has 122 valence electrons. The van der Waals surface area contributed by atoms with Crippen LogP contribution in [0.15, 0.2) is 36.4 Å². The molecule has 1 aromatic heterocycles. The Morgan fingerprint density at radius 3 is 2.65 bits per heavy atom. The van der Waals surface area contributed by atoms with Gasteiger partial charge in [0.05, 0.1) is 12.6 Å². The van der Waals surface area contributed by atoms with E-state index < -0.39 is 0 Å². The number of aromatic nitrogens is 2. The number of nitrogens with zero attached hydrogens (tertiary/aromatic N) is 3. The first kappa shape index (κ1) is 15.7. The summed E-state index contributed by atoms with van der Waals surface area (Å²) < 4.78 is 0. The molecule has 5 heteroatoms. The number of anilines is 3. The highest BCUT2D eigenvalue weighted by Gasteiger charge is 2.25. The van der Waals surface area contributed by atoms with Gasteiger partial charge in [-0.05, 0) is 31.4 Å². The van der Waals surface area contributed by atoms with Crippen molar-refractivity contribution in [1.82, 2.24) is 9.97 Å². The largest absolute Gasteiger partial charge is 0.394 e. The number of nitrogens with one attached hydrogen (secondary N) is 1. The monoisotopic (exact) mass is 312 g/mol. The summed E-state index contributed by atoms with van der Waals surface area (Å²) in [7, 11) is 1.96. The van der Waals surface area contributed by atoms with Crippen LogP contribution in [0.2, 0.25) is 0 Å². The van der Waals surface area contributed by atoms with Gasteiger partial charge in [-0.25, -0.2) is 4.98 Å². The van der Waals surface area contributed by atoms with Gasteiger partial charge in [0.2, 0.25) is 5.95 Å². The molecule has 1 fully saturated rings. The van der Waals surface area contributed by atoms with Crippen molar-refractivity contribution in [2.45, 2.75) is 32.2 Å². The third-order valence-electron chi connectivity index (χ3n) is 4.17. The van der Waals surface area contributed by atoms with Gasteiger partial charge in [-0.2, -0.15) is 4.98 Å². The summed E-state index contributed by atoms with van der Waals surface area (Å²) in [5.74, 6) is 2.19. The highest BCUT2D eigenvalue weighted by Crippen LogP contribution is 2.34. The number of para-hydroxylation sites is 1. The van der Waals surface area contributed by atoms with Crippen molar-refractivity contribution in [2.24, 2.45) is 5.92 Å². The van der Waals surface area contributed by atoms with Crippen LogP contribution >= 0.6 is 0 Å². The van der Waals surface area contributed by atoms with Crippen LogP contribution < -0.4 is 10.2 Å². The van der Waals surface area contributed by atoms with E-state index >= 15 is 0 Å². The first-order valence-corrected chi connectivity index (χ1v) is 8.17. The number of aliphatic hydroxyl groups excluding tert-OH is 1. The minimum absolute atomic E-state index is 0.0617. The molecule has 3 rings (SSSR count). The molecule has 1 aromatic carbocycles. The van der Waals surface area contributed by atoms with E-state index in [0.717, 1.165) is 29.5 Å². The molecule has 0 saturated heterocycles. The third kappa shape index (κ3) is 4.20. The minimum atomic E-state index is 0.0617. The van der Waals surface area contributed by atoms with E-state index in [1.54, 1.807) is 0 Å². The van der Waals surface area contributed by atoms with Crippen molar-refractivity contribution < 1.29 is 5.11 Å². The molecule has 0 amide bonds. The van der Waals surface area contributed by atoms with Gasteiger partial charge < -0.3 is 15.3 Å². The van der Waals surface area contributed by atoms with Crippen LogP contribution in [0.25, 0.3) is 0 Å². The number of rotatable bonds is 7. The maximum absolute atomic E-state index is 9.57. The molecule has 0 spiro atoms. The Hall–Kier alpha value is -2.14. The zero-order valence-electron chi connectivity index (χ0n) is 13.7. The fraction of sp³-hybridized carbons (Fsp3) is 0.444. The highest BCUT2D eigenvalue weighted by molar-refractivity contribution is 5.57. The van der Waals surface area contributed by atoms with Gasteiger partial charge in [-0.3, -0.25) is 0 Å². The lowest BCUT2D eigenvalue weighted by Crippen LogP contribution is -2.25. The molecule has 23 heavy (non-hydrogen) atoms. The SMILES string of the molecule is Cc1cc(NC(CO)CC2CC2)nc(N(C)c2ccccc2)n1. The number of benzene rings is 1. The molecule has 0 aliphatic heterocycles. The number of hydrogen-bond acceptors (Lipinski definition) is 5. The lowest BCUT2D eigenvalue weighted by molar-refractivity contribution is 0.265. The zero-order chi connectivity index (χ0) is 16.2. The van der Waals surface area contributed by atoms with Crippen LogP contribution in [0.4, 0.5) is 17.5 Å². The van der Waals surface area contributed by atoms with Crippen LogP contribution in [-0.2, 0) is 0 Å². The number of aliphatic hydroxyl groups is 1. The predicted molar refractivity (Wildman–Crippen MR) is 93.1 cm³/mol. The number of aryl methyl sites for hydroxylation is 1. The van der Waals surface area contributed by atoms with Crippen LogP contribution in [0, 0.1) is 12.8 Å². The normalized spacial score (nSPS) is 15.3. The molecule has 5 nitrogen and oxygen atoms in total. The average molecular weight is 312 g/mol. The molecule has 1 aliphatic carbocycles. The predicted octanol–water partition coefficient (Wildman–Crippen LogP) is 3.13. The van der Waals surface area contributed by atoms with E-state index in [-0.39, 0.29) is 12.6 Å². The highest BCUT2D eigenvalue weighted by atomic mass is 16.3. The minimum Gasteiger partial charge on any atom is -0.394 e. The summed E-state index contributed by atoms with van der Waals surface area (Å²) in [5.41, 5.74) is 1.95. The Morgan fingerprint density at radius 2 is 2.00 bits per heavy atom. The van der Waals surface area contributed by atoms with E-state index in [2.05, 4.69) is 15.3 Å². The molecule has 1 atom stereocenters. The first-order chi connectivity index (χ1) is 11.2. The Labute approximate surface area is 137 Å². The summed E-state index contributed by atoms with van der Waals surface area (Å²) in [4.78, 5) is 11.1. The quantitative estimate of drug-likeness (QED) is 0.822. The van der Waals surface area contributed by atoms with Crippen molar-refractivity contribution in [3.63, 3.8) is 0 Å². The summed E-state index contributed by atoms with van der Waals surface area (Å²) in [5, 5.41) is 12.9. The molecule has 1 heterocycles. The van der Waals surface area contributed by atoms with Gasteiger partial charge in [0, 0.05) is 24.5 Å². The van der Waals surface area contributed by atoms with Gasteiger partial charge in [0.1, 0.15) is 5.82 Å². The second-order valence-electron chi connectivity index (χ2n) is 6.29. The molecule has 1 unspecified atom stereocenters. The van der Waals surface area contributed by atoms with Gasteiger partial charge in [-0.1, -0.05) is 31.0 Å². The molecular weight excluding hydrogens is 288 g/mol. The van der Waals surface area contributed by atoms with E-state index in [4.69, 9.17) is 0 Å². The standard InChI is InChI=1S/C18H24N4O/c1-13-10-17(20-15(12-23)11-14-8-9-14)21-18(19-13)22(2)16-6-4-3-5-7-16/h3-7,10,14-15,23H,8-9,11-12H2,1-2H3,(H,19,20,21). The maximum Gasteiger partial charge on any atom is 0.231 e. The van der Waals surface area contributed by atoms with Crippen LogP contribution in [0.5, 0.6) is 0 Å². The van der Waals surface area contributed by atoms with E-state index in [1.807, 2.05) is 55.3 Å². The van der Waals surface area contributed by atoms with Crippen molar-refractivity contribution in [2.75, 3.05) is 23.9 Å². The number of hydrogen-bond donors (Lipinski definition) is 2.